The van der Waals surface area contributed by atoms with Crippen molar-refractivity contribution in [1.82, 2.24) is 15.1 Å². The lowest BCUT2D eigenvalue weighted by atomic mass is 10.1. The number of hydrogen-bond acceptors (Lipinski definition) is 6. The van der Waals surface area contributed by atoms with Gasteiger partial charge in [0.2, 0.25) is 5.13 Å². The zero-order valence-corrected chi connectivity index (χ0v) is 12.5. The predicted molar refractivity (Wildman–Crippen MR) is 78.5 cm³/mol. The Morgan fingerprint density at radius 1 is 1.33 bits per heavy atom. The number of likely N-dealkylation sites (tertiary alicyclic amines) is 1. The monoisotopic (exact) mass is 304 g/mol. The summed E-state index contributed by atoms with van der Waals surface area (Å²) in [5.41, 5.74) is 1.76. The van der Waals surface area contributed by atoms with Crippen molar-refractivity contribution in [1.29, 1.82) is 0 Å². The second kappa shape index (κ2) is 4.84. The van der Waals surface area contributed by atoms with Gasteiger partial charge in [-0.15, -0.1) is 10.2 Å². The Balaban J connectivity index is 1.54. The molecule has 2 aromatic rings. The molecule has 0 N–H and O–H groups in total. The lowest BCUT2D eigenvalue weighted by Gasteiger charge is -2.24. The quantitative estimate of drug-likeness (QED) is 0.848. The molecular weight excluding hydrogens is 288 g/mol. The number of anilines is 1. The first-order chi connectivity index (χ1) is 10.2. The Morgan fingerprint density at radius 2 is 2.19 bits per heavy atom. The van der Waals surface area contributed by atoms with E-state index in [2.05, 4.69) is 15.1 Å². The molecule has 1 amide bonds. The predicted octanol–water partition coefficient (Wildman–Crippen LogP) is 1.93. The molecule has 0 radical (unpaired) electrons. The van der Waals surface area contributed by atoms with E-state index in [0.29, 0.717) is 11.8 Å². The number of aromatic nitrogens is 2. The van der Waals surface area contributed by atoms with Gasteiger partial charge in [-0.1, -0.05) is 11.3 Å². The Kier molecular flexibility index (Phi) is 2.95. The molecule has 2 atom stereocenters. The van der Waals surface area contributed by atoms with E-state index in [1.165, 1.54) is 0 Å². The normalized spacial score (nSPS) is 24.6. The first-order valence-electron chi connectivity index (χ1n) is 7.14. The Hall–Kier alpha value is -1.89. The first kappa shape index (κ1) is 12.8. The van der Waals surface area contributed by atoms with Crippen molar-refractivity contribution in [2.75, 3.05) is 18.0 Å². The molecule has 0 spiro atoms. The molecule has 0 saturated carbocycles. The van der Waals surface area contributed by atoms with Gasteiger partial charge in [0, 0.05) is 13.1 Å². The van der Waals surface area contributed by atoms with Crippen molar-refractivity contribution < 1.29 is 9.21 Å². The average molecular weight is 304 g/mol. The highest BCUT2D eigenvalue weighted by Crippen LogP contribution is 2.36. The van der Waals surface area contributed by atoms with Crippen LogP contribution in [0.1, 0.15) is 29.2 Å². The van der Waals surface area contributed by atoms with Gasteiger partial charge in [0.1, 0.15) is 11.3 Å². The van der Waals surface area contributed by atoms with Crippen LogP contribution in [-0.2, 0) is 0 Å². The number of carbonyl (C=O) groups is 1. The maximum absolute atomic E-state index is 12.6. The molecule has 0 aliphatic carbocycles. The number of furan rings is 1. The average Bonchev–Trinajstić information content (AvgIpc) is 3.22. The minimum absolute atomic E-state index is 0.00899. The fraction of sp³-hybridized carbons (Fsp3) is 0.500. The van der Waals surface area contributed by atoms with Crippen molar-refractivity contribution in [3.8, 4) is 0 Å². The Bertz CT molecular complexity index is 654. The van der Waals surface area contributed by atoms with Gasteiger partial charge in [-0.2, -0.15) is 0 Å². The number of fused-ring (bicyclic) bond motifs is 1. The molecule has 0 unspecified atom stereocenters. The van der Waals surface area contributed by atoms with Crippen LogP contribution in [-0.4, -0.2) is 46.2 Å². The molecule has 2 fully saturated rings. The van der Waals surface area contributed by atoms with E-state index in [4.69, 9.17) is 4.42 Å². The second-order valence-electron chi connectivity index (χ2n) is 5.54. The molecule has 7 heteroatoms. The number of amides is 1. The number of rotatable bonds is 2. The summed E-state index contributed by atoms with van der Waals surface area (Å²) >= 11 is 1.56. The van der Waals surface area contributed by atoms with E-state index >= 15 is 0 Å². The summed E-state index contributed by atoms with van der Waals surface area (Å²) in [5, 5.41) is 9.04. The molecule has 0 bridgehead atoms. The molecule has 2 saturated heterocycles. The Morgan fingerprint density at radius 3 is 2.90 bits per heavy atom. The fourth-order valence-corrected chi connectivity index (χ4v) is 4.10. The highest BCUT2D eigenvalue weighted by molar-refractivity contribution is 7.13. The molecule has 110 valence electrons. The van der Waals surface area contributed by atoms with E-state index in [1.54, 1.807) is 22.9 Å². The molecule has 4 heterocycles. The van der Waals surface area contributed by atoms with Gasteiger partial charge in [-0.25, -0.2) is 0 Å². The van der Waals surface area contributed by atoms with Gasteiger partial charge in [-0.3, -0.25) is 4.79 Å². The number of aryl methyl sites for hydroxylation is 1. The standard InChI is InChI=1S/C14H16N4O2S/c1-9-2-3-12(20-9)13(19)17-6-4-11-10(17)5-7-18(11)14-16-15-8-21-14/h2-3,8,10-11H,4-7H2,1H3/t10-,11+/m0/s1. The molecule has 2 aliphatic rings. The minimum Gasteiger partial charge on any atom is -0.456 e. The largest absolute Gasteiger partial charge is 0.456 e. The third-order valence-corrected chi connectivity index (χ3v) is 5.11. The van der Waals surface area contributed by atoms with Gasteiger partial charge in [0.25, 0.3) is 5.91 Å². The lowest BCUT2D eigenvalue weighted by Crippen LogP contribution is -2.39. The Labute approximate surface area is 126 Å². The second-order valence-corrected chi connectivity index (χ2v) is 6.35. The summed E-state index contributed by atoms with van der Waals surface area (Å²) in [6.07, 6.45) is 1.96. The van der Waals surface area contributed by atoms with Gasteiger partial charge >= 0.3 is 0 Å². The molecule has 2 aliphatic heterocycles. The third-order valence-electron chi connectivity index (χ3n) is 4.38. The molecule has 21 heavy (non-hydrogen) atoms. The van der Waals surface area contributed by atoms with Crippen LogP contribution in [0.15, 0.2) is 22.1 Å². The van der Waals surface area contributed by atoms with Crippen LogP contribution >= 0.6 is 11.3 Å². The van der Waals surface area contributed by atoms with Crippen molar-refractivity contribution in [2.45, 2.75) is 31.8 Å². The number of carbonyl (C=O) groups excluding carboxylic acids is 1. The maximum atomic E-state index is 12.6. The molecule has 0 aromatic carbocycles. The van der Waals surface area contributed by atoms with Gasteiger partial charge in [0.05, 0.1) is 12.1 Å². The smallest absolute Gasteiger partial charge is 0.289 e. The summed E-state index contributed by atoms with van der Waals surface area (Å²) in [5.74, 6) is 1.23. The van der Waals surface area contributed by atoms with Crippen molar-refractivity contribution in [3.05, 3.63) is 29.2 Å². The fourth-order valence-electron chi connectivity index (χ4n) is 3.46. The zero-order valence-electron chi connectivity index (χ0n) is 11.7. The van der Waals surface area contributed by atoms with Crippen LogP contribution in [0.4, 0.5) is 5.13 Å². The van der Waals surface area contributed by atoms with E-state index in [9.17, 15) is 4.79 Å². The third kappa shape index (κ3) is 2.03. The molecule has 2 aromatic heterocycles. The van der Waals surface area contributed by atoms with Crippen LogP contribution in [0.5, 0.6) is 0 Å². The SMILES string of the molecule is Cc1ccc(C(=O)N2CC[C@@H]3[C@@H]2CCN3c2nncs2)o1. The number of hydrogen-bond donors (Lipinski definition) is 0. The highest BCUT2D eigenvalue weighted by Gasteiger charge is 2.45. The van der Waals surface area contributed by atoms with Crippen molar-refractivity contribution in [3.63, 3.8) is 0 Å². The highest BCUT2D eigenvalue weighted by atomic mass is 32.1. The summed E-state index contributed by atoms with van der Waals surface area (Å²) < 4.78 is 5.48. The van der Waals surface area contributed by atoms with Crippen LogP contribution in [0.2, 0.25) is 0 Å². The summed E-state index contributed by atoms with van der Waals surface area (Å²) in [7, 11) is 0. The molecule has 6 nitrogen and oxygen atoms in total. The van der Waals surface area contributed by atoms with Crippen LogP contribution in [0.25, 0.3) is 0 Å². The van der Waals surface area contributed by atoms with E-state index < -0.39 is 0 Å². The van der Waals surface area contributed by atoms with E-state index in [1.807, 2.05) is 17.9 Å². The van der Waals surface area contributed by atoms with Gasteiger partial charge in [-0.05, 0) is 31.9 Å². The number of nitrogens with zero attached hydrogens (tertiary/aromatic N) is 4. The topological polar surface area (TPSA) is 62.5 Å². The van der Waals surface area contributed by atoms with Crippen LogP contribution in [0, 0.1) is 6.92 Å². The molecule has 4 rings (SSSR count). The maximum Gasteiger partial charge on any atom is 0.289 e. The van der Waals surface area contributed by atoms with Gasteiger partial charge in [0.15, 0.2) is 5.76 Å². The zero-order chi connectivity index (χ0) is 14.4. The van der Waals surface area contributed by atoms with Crippen molar-refractivity contribution in [2.24, 2.45) is 0 Å². The minimum atomic E-state index is 0.00899. The van der Waals surface area contributed by atoms with Gasteiger partial charge < -0.3 is 14.2 Å². The first-order valence-corrected chi connectivity index (χ1v) is 8.02. The lowest BCUT2D eigenvalue weighted by molar-refractivity contribution is 0.0704. The van der Waals surface area contributed by atoms with Crippen LogP contribution in [0.3, 0.4) is 0 Å². The summed E-state index contributed by atoms with van der Waals surface area (Å²) in [6, 6.07) is 4.22. The van der Waals surface area contributed by atoms with E-state index in [0.717, 1.165) is 36.8 Å². The van der Waals surface area contributed by atoms with E-state index in [-0.39, 0.29) is 11.9 Å². The van der Waals surface area contributed by atoms with Crippen molar-refractivity contribution >= 4 is 22.4 Å². The summed E-state index contributed by atoms with van der Waals surface area (Å²) in [4.78, 5) is 16.8. The molecular formula is C14H16N4O2S. The van der Waals surface area contributed by atoms with Crippen LogP contribution < -0.4 is 4.90 Å². The summed E-state index contributed by atoms with van der Waals surface area (Å²) in [6.45, 7) is 3.57.